The van der Waals surface area contributed by atoms with E-state index in [0.717, 1.165) is 11.4 Å². The molecule has 5 nitrogen and oxygen atoms in total. The molecule has 5 heteroatoms. The van der Waals surface area contributed by atoms with Gasteiger partial charge in [0.1, 0.15) is 11.5 Å². The van der Waals surface area contributed by atoms with Crippen molar-refractivity contribution in [3.63, 3.8) is 0 Å². The van der Waals surface area contributed by atoms with Gasteiger partial charge in [-0.3, -0.25) is 0 Å². The summed E-state index contributed by atoms with van der Waals surface area (Å²) in [5, 5.41) is 3.18. The van der Waals surface area contributed by atoms with Crippen molar-refractivity contribution in [1.29, 1.82) is 0 Å². The fraction of sp³-hybridized carbons (Fsp3) is 0.214. The molecule has 0 amide bonds. The summed E-state index contributed by atoms with van der Waals surface area (Å²) in [5.74, 6) is 1.11. The number of anilines is 1. The molecule has 0 unspecified atom stereocenters. The van der Waals surface area contributed by atoms with E-state index in [1.165, 1.54) is 7.11 Å². The van der Waals surface area contributed by atoms with Gasteiger partial charge in [0.05, 0.1) is 26.5 Å². The van der Waals surface area contributed by atoms with E-state index in [1.807, 2.05) is 24.3 Å². The SMILES string of the molecule is COC(=O)c1ccc(CNc2ccccc2OC)o1. The predicted octanol–water partition coefficient (Wildman–Crippen LogP) is 2.69. The number of ether oxygens (including phenoxy) is 2. The Morgan fingerprint density at radius 3 is 2.74 bits per heavy atom. The maximum atomic E-state index is 11.2. The summed E-state index contributed by atoms with van der Waals surface area (Å²) in [5.41, 5.74) is 0.862. The van der Waals surface area contributed by atoms with Gasteiger partial charge in [0.2, 0.25) is 5.76 Å². The van der Waals surface area contributed by atoms with E-state index >= 15 is 0 Å². The molecule has 0 saturated heterocycles. The summed E-state index contributed by atoms with van der Waals surface area (Å²) in [7, 11) is 2.93. The molecule has 1 N–H and O–H groups in total. The van der Waals surface area contributed by atoms with Gasteiger partial charge in [0, 0.05) is 0 Å². The molecule has 0 bridgehead atoms. The zero-order valence-electron chi connectivity index (χ0n) is 10.8. The molecule has 0 spiro atoms. The molecule has 100 valence electrons. The highest BCUT2D eigenvalue weighted by Gasteiger charge is 2.11. The minimum atomic E-state index is -0.483. The van der Waals surface area contributed by atoms with Gasteiger partial charge in [0.25, 0.3) is 0 Å². The first-order chi connectivity index (χ1) is 9.24. The lowest BCUT2D eigenvalue weighted by atomic mass is 10.3. The second-order valence-electron chi connectivity index (χ2n) is 3.81. The number of rotatable bonds is 5. The molecule has 0 saturated carbocycles. The second-order valence-corrected chi connectivity index (χ2v) is 3.81. The third kappa shape index (κ3) is 3.07. The molecule has 1 heterocycles. The van der Waals surface area contributed by atoms with Crippen molar-refractivity contribution in [2.45, 2.75) is 6.54 Å². The van der Waals surface area contributed by atoms with Gasteiger partial charge in [0.15, 0.2) is 0 Å². The maximum Gasteiger partial charge on any atom is 0.373 e. The van der Waals surface area contributed by atoms with Crippen LogP contribution in [0.1, 0.15) is 16.3 Å². The summed E-state index contributed by atoms with van der Waals surface area (Å²) < 4.78 is 15.2. The number of benzene rings is 1. The van der Waals surface area contributed by atoms with Crippen molar-refractivity contribution < 1.29 is 18.7 Å². The number of furan rings is 1. The maximum absolute atomic E-state index is 11.2. The second kappa shape index (κ2) is 5.95. The lowest BCUT2D eigenvalue weighted by Crippen LogP contribution is -2.01. The van der Waals surface area contributed by atoms with Gasteiger partial charge >= 0.3 is 5.97 Å². The van der Waals surface area contributed by atoms with Crippen LogP contribution in [-0.4, -0.2) is 20.2 Å². The van der Waals surface area contributed by atoms with Crippen LogP contribution in [0.25, 0.3) is 0 Å². The Balaban J connectivity index is 2.02. The number of carbonyl (C=O) groups is 1. The van der Waals surface area contributed by atoms with Crippen LogP contribution in [0, 0.1) is 0 Å². The van der Waals surface area contributed by atoms with Crippen LogP contribution in [0.3, 0.4) is 0 Å². The van der Waals surface area contributed by atoms with Crippen LogP contribution in [0.4, 0.5) is 5.69 Å². The number of hydrogen-bond acceptors (Lipinski definition) is 5. The van der Waals surface area contributed by atoms with Crippen molar-refractivity contribution >= 4 is 11.7 Å². The molecule has 2 rings (SSSR count). The molecule has 0 atom stereocenters. The van der Waals surface area contributed by atoms with E-state index < -0.39 is 5.97 Å². The van der Waals surface area contributed by atoms with Crippen LogP contribution in [0.2, 0.25) is 0 Å². The quantitative estimate of drug-likeness (QED) is 0.838. The third-order valence-electron chi connectivity index (χ3n) is 2.61. The molecule has 2 aromatic rings. The minimum Gasteiger partial charge on any atom is -0.495 e. The van der Waals surface area contributed by atoms with Crippen molar-refractivity contribution in [2.75, 3.05) is 19.5 Å². The van der Waals surface area contributed by atoms with Crippen molar-refractivity contribution in [2.24, 2.45) is 0 Å². The van der Waals surface area contributed by atoms with Gasteiger partial charge < -0.3 is 19.2 Å². The van der Waals surface area contributed by atoms with Crippen LogP contribution in [-0.2, 0) is 11.3 Å². The third-order valence-corrected chi connectivity index (χ3v) is 2.61. The number of para-hydroxylation sites is 2. The fourth-order valence-electron chi connectivity index (χ4n) is 1.66. The molecule has 0 aliphatic rings. The predicted molar refractivity (Wildman–Crippen MR) is 70.4 cm³/mol. The number of methoxy groups -OCH3 is 2. The smallest absolute Gasteiger partial charge is 0.373 e. The Hall–Kier alpha value is -2.43. The Kier molecular flexibility index (Phi) is 4.07. The average Bonchev–Trinajstić information content (AvgIpc) is 2.93. The summed E-state index contributed by atoms with van der Waals surface area (Å²) in [6, 6.07) is 10.9. The van der Waals surface area contributed by atoms with Crippen LogP contribution in [0.5, 0.6) is 5.75 Å². The highest BCUT2D eigenvalue weighted by atomic mass is 16.5. The Bertz CT molecular complexity index is 562. The first kappa shape index (κ1) is 13.0. The number of esters is 1. The first-order valence-corrected chi connectivity index (χ1v) is 5.78. The van der Waals surface area contributed by atoms with E-state index in [1.54, 1.807) is 19.2 Å². The van der Waals surface area contributed by atoms with E-state index in [9.17, 15) is 4.79 Å². The zero-order chi connectivity index (χ0) is 13.7. The molecular formula is C14H15NO4. The summed E-state index contributed by atoms with van der Waals surface area (Å²) in [6.45, 7) is 0.456. The molecule has 1 aromatic heterocycles. The van der Waals surface area contributed by atoms with E-state index in [0.29, 0.717) is 12.3 Å². The standard InChI is InChI=1S/C14H15NO4/c1-17-12-6-4-3-5-11(12)15-9-10-7-8-13(19-10)14(16)18-2/h3-8,15H,9H2,1-2H3. The molecule has 19 heavy (non-hydrogen) atoms. The monoisotopic (exact) mass is 261 g/mol. The van der Waals surface area contributed by atoms with Gasteiger partial charge in [-0.2, -0.15) is 0 Å². The first-order valence-electron chi connectivity index (χ1n) is 5.78. The molecular weight excluding hydrogens is 246 g/mol. The Morgan fingerprint density at radius 1 is 1.21 bits per heavy atom. The van der Waals surface area contributed by atoms with Crippen LogP contribution in [0.15, 0.2) is 40.8 Å². The highest BCUT2D eigenvalue weighted by Crippen LogP contribution is 2.23. The largest absolute Gasteiger partial charge is 0.495 e. The summed E-state index contributed by atoms with van der Waals surface area (Å²) in [4.78, 5) is 11.2. The fourth-order valence-corrected chi connectivity index (χ4v) is 1.66. The number of carbonyl (C=O) groups excluding carboxylic acids is 1. The van der Waals surface area contributed by atoms with E-state index in [-0.39, 0.29) is 5.76 Å². The normalized spacial score (nSPS) is 10.0. The minimum absolute atomic E-state index is 0.194. The summed E-state index contributed by atoms with van der Waals surface area (Å²) >= 11 is 0. The van der Waals surface area contributed by atoms with Crippen molar-refractivity contribution in [3.8, 4) is 5.75 Å². The van der Waals surface area contributed by atoms with Crippen molar-refractivity contribution in [3.05, 3.63) is 47.9 Å². The topological polar surface area (TPSA) is 60.7 Å². The summed E-state index contributed by atoms with van der Waals surface area (Å²) in [6.07, 6.45) is 0. The number of hydrogen-bond donors (Lipinski definition) is 1. The average molecular weight is 261 g/mol. The van der Waals surface area contributed by atoms with E-state index in [2.05, 4.69) is 10.1 Å². The number of nitrogens with one attached hydrogen (secondary N) is 1. The molecule has 0 radical (unpaired) electrons. The van der Waals surface area contributed by atoms with Gasteiger partial charge in [-0.1, -0.05) is 12.1 Å². The van der Waals surface area contributed by atoms with Gasteiger partial charge in [-0.25, -0.2) is 4.79 Å². The lowest BCUT2D eigenvalue weighted by Gasteiger charge is -2.09. The lowest BCUT2D eigenvalue weighted by molar-refractivity contribution is 0.0563. The Morgan fingerprint density at radius 2 is 2.00 bits per heavy atom. The molecule has 0 fully saturated rings. The van der Waals surface area contributed by atoms with Crippen molar-refractivity contribution in [1.82, 2.24) is 0 Å². The molecule has 1 aromatic carbocycles. The van der Waals surface area contributed by atoms with Gasteiger partial charge in [-0.15, -0.1) is 0 Å². The van der Waals surface area contributed by atoms with Crippen LogP contribution < -0.4 is 10.1 Å². The molecule has 0 aliphatic heterocycles. The Labute approximate surface area is 111 Å². The van der Waals surface area contributed by atoms with Crippen LogP contribution >= 0.6 is 0 Å². The van der Waals surface area contributed by atoms with E-state index in [4.69, 9.17) is 9.15 Å². The zero-order valence-corrected chi connectivity index (χ0v) is 10.8. The highest BCUT2D eigenvalue weighted by molar-refractivity contribution is 5.86. The van der Waals surface area contributed by atoms with Gasteiger partial charge in [-0.05, 0) is 24.3 Å². The molecule has 0 aliphatic carbocycles.